The average Bonchev–Trinajstić information content (AvgIpc) is 2.58. The maximum atomic E-state index is 14.5. The van der Waals surface area contributed by atoms with Crippen molar-refractivity contribution in [2.75, 3.05) is 38.1 Å². The molecule has 2 saturated heterocycles. The lowest BCUT2D eigenvalue weighted by Crippen LogP contribution is -2.40. The van der Waals surface area contributed by atoms with Crippen molar-refractivity contribution in [2.24, 2.45) is 11.8 Å². The molecule has 0 atom stereocenters. The topological polar surface area (TPSA) is 6.48 Å². The maximum absolute atomic E-state index is 14.5. The van der Waals surface area contributed by atoms with Gasteiger partial charge in [0.2, 0.25) is 0 Å². The van der Waals surface area contributed by atoms with Gasteiger partial charge in [0.25, 0.3) is 0 Å². The van der Waals surface area contributed by atoms with E-state index in [1.54, 1.807) is 12.1 Å². The molecule has 1 aromatic carbocycles. The van der Waals surface area contributed by atoms with Crippen molar-refractivity contribution in [3.05, 3.63) is 29.3 Å². The Balaban J connectivity index is 1.64. The molecule has 2 nitrogen and oxygen atoms in total. The van der Waals surface area contributed by atoms with Gasteiger partial charge in [0.1, 0.15) is 0 Å². The second-order valence-electron chi connectivity index (χ2n) is 7.92. The number of nitrogens with zero attached hydrogens (tertiary/aromatic N) is 2. The van der Waals surface area contributed by atoms with Gasteiger partial charge in [0, 0.05) is 13.1 Å². The minimum absolute atomic E-state index is 0.00344. The van der Waals surface area contributed by atoms with Crippen LogP contribution in [0.25, 0.3) is 0 Å². The van der Waals surface area contributed by atoms with Gasteiger partial charge in [-0.15, -0.1) is 0 Å². The summed E-state index contributed by atoms with van der Waals surface area (Å²) in [6, 6.07) is 3.52. The van der Waals surface area contributed by atoms with Crippen molar-refractivity contribution in [1.29, 1.82) is 0 Å². The van der Waals surface area contributed by atoms with Crippen LogP contribution in [-0.4, -0.2) is 38.1 Å². The standard InChI is InChI=1S/C20H30F2N2/c1-14(2)17-4-5-18(20(22)19(17)21)24-12-8-16(9-13-24)15-6-10-23(3)11-7-15/h4-5,14-16H,6-13H2,1-3H3. The smallest absolute Gasteiger partial charge is 0.182 e. The highest BCUT2D eigenvalue weighted by Gasteiger charge is 2.30. The molecule has 2 aliphatic rings. The van der Waals surface area contributed by atoms with E-state index in [0.29, 0.717) is 11.3 Å². The molecule has 0 aromatic heterocycles. The average molecular weight is 336 g/mol. The van der Waals surface area contributed by atoms with Gasteiger partial charge >= 0.3 is 0 Å². The van der Waals surface area contributed by atoms with Crippen LogP contribution < -0.4 is 4.90 Å². The molecule has 0 amide bonds. The molecule has 1 aromatic rings. The van der Waals surface area contributed by atoms with Gasteiger partial charge in [-0.3, -0.25) is 0 Å². The fraction of sp³-hybridized carbons (Fsp3) is 0.700. The molecule has 0 saturated carbocycles. The summed E-state index contributed by atoms with van der Waals surface area (Å²) in [5, 5.41) is 0. The van der Waals surface area contributed by atoms with Gasteiger partial charge in [-0.2, -0.15) is 0 Å². The largest absolute Gasteiger partial charge is 0.369 e. The van der Waals surface area contributed by atoms with Gasteiger partial charge in [-0.25, -0.2) is 8.78 Å². The van der Waals surface area contributed by atoms with Gasteiger partial charge < -0.3 is 9.80 Å². The third-order valence-electron chi connectivity index (χ3n) is 6.02. The summed E-state index contributed by atoms with van der Waals surface area (Å²) in [7, 11) is 2.19. The number of benzene rings is 1. The van der Waals surface area contributed by atoms with E-state index in [9.17, 15) is 8.78 Å². The fourth-order valence-corrected chi connectivity index (χ4v) is 4.36. The van der Waals surface area contributed by atoms with E-state index in [2.05, 4.69) is 11.9 Å². The molecule has 2 fully saturated rings. The Hall–Kier alpha value is -1.16. The lowest BCUT2D eigenvalue weighted by atomic mass is 9.79. The number of likely N-dealkylation sites (tertiary alicyclic amines) is 1. The highest BCUT2D eigenvalue weighted by Crippen LogP contribution is 2.35. The van der Waals surface area contributed by atoms with Crippen molar-refractivity contribution >= 4 is 5.69 Å². The molecule has 2 heterocycles. The number of anilines is 1. The van der Waals surface area contributed by atoms with Crippen LogP contribution in [-0.2, 0) is 0 Å². The molecule has 0 unspecified atom stereocenters. The predicted molar refractivity (Wildman–Crippen MR) is 95.6 cm³/mol. The zero-order valence-electron chi connectivity index (χ0n) is 15.2. The quantitative estimate of drug-likeness (QED) is 0.793. The first kappa shape index (κ1) is 17.7. The zero-order valence-corrected chi connectivity index (χ0v) is 15.2. The van der Waals surface area contributed by atoms with E-state index < -0.39 is 11.6 Å². The number of hydrogen-bond acceptors (Lipinski definition) is 2. The van der Waals surface area contributed by atoms with Gasteiger partial charge in [-0.05, 0) is 75.2 Å². The summed E-state index contributed by atoms with van der Waals surface area (Å²) in [6.45, 7) is 7.86. The molecule has 0 radical (unpaired) electrons. The minimum Gasteiger partial charge on any atom is -0.369 e. The van der Waals surface area contributed by atoms with E-state index >= 15 is 0 Å². The van der Waals surface area contributed by atoms with Crippen LogP contribution in [0.1, 0.15) is 51.0 Å². The highest BCUT2D eigenvalue weighted by molar-refractivity contribution is 5.50. The Morgan fingerprint density at radius 1 is 0.875 bits per heavy atom. The van der Waals surface area contributed by atoms with Crippen molar-refractivity contribution in [3.63, 3.8) is 0 Å². The first-order chi connectivity index (χ1) is 11.5. The first-order valence-corrected chi connectivity index (χ1v) is 9.38. The summed E-state index contributed by atoms with van der Waals surface area (Å²) in [6.07, 6.45) is 4.77. The Morgan fingerprint density at radius 3 is 1.96 bits per heavy atom. The van der Waals surface area contributed by atoms with E-state index in [4.69, 9.17) is 0 Å². The summed E-state index contributed by atoms with van der Waals surface area (Å²) in [5.74, 6) is 0.230. The van der Waals surface area contributed by atoms with Crippen molar-refractivity contribution < 1.29 is 8.78 Å². The number of halogens is 2. The molecule has 0 aliphatic carbocycles. The monoisotopic (exact) mass is 336 g/mol. The lowest BCUT2D eigenvalue weighted by molar-refractivity contribution is 0.154. The molecular weight excluding hydrogens is 306 g/mol. The molecule has 4 heteroatoms. The number of hydrogen-bond donors (Lipinski definition) is 0. The third kappa shape index (κ3) is 3.58. The molecule has 0 spiro atoms. The van der Waals surface area contributed by atoms with Crippen molar-refractivity contribution in [3.8, 4) is 0 Å². The van der Waals surface area contributed by atoms with Crippen LogP contribution in [0, 0.1) is 23.5 Å². The van der Waals surface area contributed by atoms with E-state index in [1.165, 1.54) is 25.9 Å². The fourth-order valence-electron chi connectivity index (χ4n) is 4.36. The van der Waals surface area contributed by atoms with E-state index in [0.717, 1.165) is 37.8 Å². The van der Waals surface area contributed by atoms with Crippen LogP contribution in [0.2, 0.25) is 0 Å². The minimum atomic E-state index is -0.668. The van der Waals surface area contributed by atoms with E-state index in [1.807, 2.05) is 18.7 Å². The molecule has 2 aliphatic heterocycles. The first-order valence-electron chi connectivity index (χ1n) is 9.38. The van der Waals surface area contributed by atoms with Crippen LogP contribution >= 0.6 is 0 Å². The molecule has 24 heavy (non-hydrogen) atoms. The van der Waals surface area contributed by atoms with Gasteiger partial charge in [0.15, 0.2) is 11.6 Å². The number of piperidine rings is 2. The van der Waals surface area contributed by atoms with Gasteiger partial charge in [0.05, 0.1) is 5.69 Å². The maximum Gasteiger partial charge on any atom is 0.182 e. The molecule has 3 rings (SSSR count). The number of rotatable bonds is 3. The Bertz CT molecular complexity index is 557. The normalized spacial score (nSPS) is 21.7. The van der Waals surface area contributed by atoms with Crippen LogP contribution in [0.15, 0.2) is 12.1 Å². The van der Waals surface area contributed by atoms with Crippen molar-refractivity contribution in [1.82, 2.24) is 4.90 Å². The highest BCUT2D eigenvalue weighted by atomic mass is 19.2. The van der Waals surface area contributed by atoms with Crippen LogP contribution in [0.5, 0.6) is 0 Å². The van der Waals surface area contributed by atoms with E-state index in [-0.39, 0.29) is 5.92 Å². The van der Waals surface area contributed by atoms with Crippen LogP contribution in [0.3, 0.4) is 0 Å². The second kappa shape index (κ2) is 7.38. The molecule has 134 valence electrons. The lowest BCUT2D eigenvalue weighted by Gasteiger charge is -2.40. The third-order valence-corrected chi connectivity index (χ3v) is 6.02. The molecule has 0 N–H and O–H groups in total. The predicted octanol–water partition coefficient (Wildman–Crippen LogP) is 4.65. The van der Waals surface area contributed by atoms with Crippen LogP contribution in [0.4, 0.5) is 14.5 Å². The second-order valence-corrected chi connectivity index (χ2v) is 7.92. The Kier molecular flexibility index (Phi) is 5.43. The summed E-state index contributed by atoms with van der Waals surface area (Å²) in [4.78, 5) is 4.44. The molecule has 0 bridgehead atoms. The summed E-state index contributed by atoms with van der Waals surface area (Å²) < 4.78 is 28.7. The Labute approximate surface area is 144 Å². The summed E-state index contributed by atoms with van der Waals surface area (Å²) >= 11 is 0. The summed E-state index contributed by atoms with van der Waals surface area (Å²) in [5.41, 5.74) is 0.913. The van der Waals surface area contributed by atoms with Crippen molar-refractivity contribution in [2.45, 2.75) is 45.4 Å². The van der Waals surface area contributed by atoms with Gasteiger partial charge in [-0.1, -0.05) is 19.9 Å². The SMILES string of the molecule is CC(C)c1ccc(N2CCC(C3CCN(C)CC3)CC2)c(F)c1F. The Morgan fingerprint density at radius 2 is 1.42 bits per heavy atom. The zero-order chi connectivity index (χ0) is 17.3. The molecular formula is C20H30F2N2.